The molecule has 0 aliphatic carbocycles. The zero-order valence-corrected chi connectivity index (χ0v) is 10.6. The second-order valence-corrected chi connectivity index (χ2v) is 4.74. The summed E-state index contributed by atoms with van der Waals surface area (Å²) in [6.07, 6.45) is 3.57. The molecular weight excluding hydrogens is 236 g/mol. The Hall–Kier alpha value is -1.55. The van der Waals surface area contributed by atoms with Crippen molar-refractivity contribution >= 4 is 28.9 Å². The summed E-state index contributed by atoms with van der Waals surface area (Å²) in [5.41, 5.74) is 1.90. The van der Waals surface area contributed by atoms with Crippen molar-refractivity contribution in [1.82, 2.24) is 0 Å². The highest BCUT2D eigenvalue weighted by Crippen LogP contribution is 2.16. The summed E-state index contributed by atoms with van der Waals surface area (Å²) in [4.78, 5) is 21.8. The first-order valence-electron chi connectivity index (χ1n) is 5.15. The van der Waals surface area contributed by atoms with Gasteiger partial charge in [-0.2, -0.15) is 0 Å². The van der Waals surface area contributed by atoms with E-state index < -0.39 is 5.97 Å². The number of hydrogen-bond donors (Lipinski definition) is 1. The molecule has 0 saturated heterocycles. The highest BCUT2D eigenvalue weighted by atomic mass is 32.2. The Morgan fingerprint density at radius 3 is 2.71 bits per heavy atom. The standard InChI is InChI=1S/C13H14O3S/c1-9-5-3-6-12(13(15)16)11(9)7-4-8-17-10(2)14/h3-7H,8H2,1-2H3,(H,15,16). The monoisotopic (exact) mass is 250 g/mol. The molecule has 1 aromatic carbocycles. The van der Waals surface area contributed by atoms with Crippen LogP contribution in [-0.4, -0.2) is 21.9 Å². The lowest BCUT2D eigenvalue weighted by Crippen LogP contribution is -2.00. The molecule has 4 heteroatoms. The summed E-state index contributed by atoms with van der Waals surface area (Å²) >= 11 is 1.20. The van der Waals surface area contributed by atoms with E-state index in [1.165, 1.54) is 18.7 Å². The van der Waals surface area contributed by atoms with Crippen molar-refractivity contribution < 1.29 is 14.7 Å². The number of rotatable bonds is 4. The zero-order valence-electron chi connectivity index (χ0n) is 9.77. The Bertz CT molecular complexity index is 464. The molecule has 0 spiro atoms. The lowest BCUT2D eigenvalue weighted by molar-refractivity contribution is -0.109. The summed E-state index contributed by atoms with van der Waals surface area (Å²) in [7, 11) is 0. The lowest BCUT2D eigenvalue weighted by atomic mass is 10.0. The van der Waals surface area contributed by atoms with Crippen LogP contribution in [-0.2, 0) is 4.79 Å². The van der Waals surface area contributed by atoms with E-state index in [-0.39, 0.29) is 10.7 Å². The van der Waals surface area contributed by atoms with Gasteiger partial charge < -0.3 is 5.11 Å². The number of benzene rings is 1. The van der Waals surface area contributed by atoms with Crippen molar-refractivity contribution in [3.8, 4) is 0 Å². The highest BCUT2D eigenvalue weighted by Gasteiger charge is 2.08. The fourth-order valence-corrected chi connectivity index (χ4v) is 1.85. The molecule has 0 fully saturated rings. The van der Waals surface area contributed by atoms with Crippen molar-refractivity contribution in [3.05, 3.63) is 41.0 Å². The predicted molar refractivity (Wildman–Crippen MR) is 70.3 cm³/mol. The number of aryl methyl sites for hydroxylation is 1. The van der Waals surface area contributed by atoms with E-state index in [4.69, 9.17) is 5.11 Å². The molecule has 0 heterocycles. The quantitative estimate of drug-likeness (QED) is 0.892. The molecule has 90 valence electrons. The van der Waals surface area contributed by atoms with E-state index in [9.17, 15) is 9.59 Å². The van der Waals surface area contributed by atoms with Gasteiger partial charge in [-0.05, 0) is 24.1 Å². The normalized spacial score (nSPS) is 10.7. The van der Waals surface area contributed by atoms with E-state index in [1.807, 2.05) is 13.0 Å². The Morgan fingerprint density at radius 2 is 2.12 bits per heavy atom. The molecule has 17 heavy (non-hydrogen) atoms. The first-order chi connectivity index (χ1) is 8.02. The largest absolute Gasteiger partial charge is 0.478 e. The van der Waals surface area contributed by atoms with Gasteiger partial charge in [0.2, 0.25) is 0 Å². The predicted octanol–water partition coefficient (Wildman–Crippen LogP) is 2.99. The number of hydrogen-bond acceptors (Lipinski definition) is 3. The van der Waals surface area contributed by atoms with Crippen LogP contribution < -0.4 is 0 Å². The molecule has 1 N–H and O–H groups in total. The summed E-state index contributed by atoms with van der Waals surface area (Å²) < 4.78 is 0. The topological polar surface area (TPSA) is 54.4 Å². The smallest absolute Gasteiger partial charge is 0.336 e. The van der Waals surface area contributed by atoms with Crippen LogP contribution in [0.2, 0.25) is 0 Å². The second kappa shape index (κ2) is 6.25. The van der Waals surface area contributed by atoms with Crippen molar-refractivity contribution in [1.29, 1.82) is 0 Å². The van der Waals surface area contributed by atoms with Crippen molar-refractivity contribution in [2.24, 2.45) is 0 Å². The van der Waals surface area contributed by atoms with Crippen molar-refractivity contribution in [2.75, 3.05) is 5.75 Å². The third kappa shape index (κ3) is 4.07. The van der Waals surface area contributed by atoms with Crippen LogP contribution in [0.25, 0.3) is 6.08 Å². The summed E-state index contributed by atoms with van der Waals surface area (Å²) in [6.45, 7) is 3.37. The average molecular weight is 250 g/mol. The van der Waals surface area contributed by atoms with E-state index in [0.29, 0.717) is 11.3 Å². The van der Waals surface area contributed by atoms with Gasteiger partial charge in [0.05, 0.1) is 5.56 Å². The number of thioether (sulfide) groups is 1. The van der Waals surface area contributed by atoms with Gasteiger partial charge in [0, 0.05) is 12.7 Å². The summed E-state index contributed by atoms with van der Waals surface area (Å²) in [5.74, 6) is -0.379. The van der Waals surface area contributed by atoms with Crippen LogP contribution in [0.5, 0.6) is 0 Å². The van der Waals surface area contributed by atoms with Gasteiger partial charge in [-0.3, -0.25) is 4.79 Å². The molecule has 0 aliphatic heterocycles. The van der Waals surface area contributed by atoms with Gasteiger partial charge in [0.25, 0.3) is 0 Å². The minimum absolute atomic E-state index is 0.0536. The van der Waals surface area contributed by atoms with Crippen LogP contribution in [0.1, 0.15) is 28.4 Å². The van der Waals surface area contributed by atoms with E-state index in [0.717, 1.165) is 5.56 Å². The van der Waals surface area contributed by atoms with Crippen LogP contribution in [0.15, 0.2) is 24.3 Å². The van der Waals surface area contributed by atoms with Gasteiger partial charge in [-0.1, -0.05) is 36.0 Å². The molecule has 1 aromatic rings. The summed E-state index contributed by atoms with van der Waals surface area (Å²) in [5, 5.41) is 9.10. The molecule has 0 atom stereocenters. The van der Waals surface area contributed by atoms with Crippen molar-refractivity contribution in [2.45, 2.75) is 13.8 Å². The molecule has 0 aliphatic rings. The fraction of sp³-hybridized carbons (Fsp3) is 0.231. The highest BCUT2D eigenvalue weighted by molar-refractivity contribution is 8.13. The van der Waals surface area contributed by atoms with Crippen LogP contribution >= 0.6 is 11.8 Å². The van der Waals surface area contributed by atoms with Crippen LogP contribution in [0.4, 0.5) is 0 Å². The Kier molecular flexibility index (Phi) is 4.97. The maximum atomic E-state index is 11.0. The lowest BCUT2D eigenvalue weighted by Gasteiger charge is -2.04. The van der Waals surface area contributed by atoms with Gasteiger partial charge in [-0.15, -0.1) is 0 Å². The molecule has 0 unspecified atom stereocenters. The maximum absolute atomic E-state index is 11.0. The molecule has 0 radical (unpaired) electrons. The third-order valence-corrected chi connectivity index (χ3v) is 2.99. The Morgan fingerprint density at radius 1 is 1.41 bits per heavy atom. The Balaban J connectivity index is 2.89. The molecule has 0 amide bonds. The molecule has 0 aromatic heterocycles. The number of carbonyl (C=O) groups is 2. The summed E-state index contributed by atoms with van der Waals surface area (Å²) in [6, 6.07) is 5.16. The van der Waals surface area contributed by atoms with Gasteiger partial charge in [-0.25, -0.2) is 4.79 Å². The molecular formula is C13H14O3S. The number of carbonyl (C=O) groups excluding carboxylic acids is 1. The third-order valence-electron chi connectivity index (χ3n) is 2.22. The maximum Gasteiger partial charge on any atom is 0.336 e. The van der Waals surface area contributed by atoms with Gasteiger partial charge in [0.15, 0.2) is 5.12 Å². The number of carboxylic acids is 1. The van der Waals surface area contributed by atoms with Crippen LogP contribution in [0.3, 0.4) is 0 Å². The molecule has 0 bridgehead atoms. The average Bonchev–Trinajstić information content (AvgIpc) is 2.25. The molecule has 0 saturated carbocycles. The second-order valence-electron chi connectivity index (χ2n) is 3.55. The molecule has 1 rings (SSSR count). The number of carboxylic acid groups (broad SMARTS) is 1. The first kappa shape index (κ1) is 13.5. The van der Waals surface area contributed by atoms with E-state index >= 15 is 0 Å². The van der Waals surface area contributed by atoms with Gasteiger partial charge >= 0.3 is 5.97 Å². The van der Waals surface area contributed by atoms with E-state index in [1.54, 1.807) is 24.3 Å². The van der Waals surface area contributed by atoms with Gasteiger partial charge in [0.1, 0.15) is 0 Å². The first-order valence-corrected chi connectivity index (χ1v) is 6.13. The van der Waals surface area contributed by atoms with Crippen molar-refractivity contribution in [3.63, 3.8) is 0 Å². The Labute approximate surface area is 105 Å². The van der Waals surface area contributed by atoms with E-state index in [2.05, 4.69) is 0 Å². The molecule has 3 nitrogen and oxygen atoms in total. The fourth-order valence-electron chi connectivity index (χ4n) is 1.42. The number of aromatic carboxylic acids is 1. The SMILES string of the molecule is CC(=O)SCC=Cc1c(C)cccc1C(=O)O. The van der Waals surface area contributed by atoms with Crippen LogP contribution in [0, 0.1) is 6.92 Å². The minimum Gasteiger partial charge on any atom is -0.478 e. The zero-order chi connectivity index (χ0) is 12.8. The minimum atomic E-state index is -0.937.